The molecule has 0 amide bonds. The standard InChI is InChI=1S/C26H36O8S/c1-8-11-34-26-22(31-4)14-17(15-23(26)35(7,27)28)19-10-9-18(24(19)32-5)16-12-20(29-2)25(33-6)21(13-16)30-3/h12-15,18-19,24H,8-11H2,1-7H3/t18-,19-,24+/m1/s1. The molecular formula is C26H36O8S. The van der Waals surface area contributed by atoms with Gasteiger partial charge in [0.15, 0.2) is 32.8 Å². The monoisotopic (exact) mass is 508 g/mol. The number of hydrogen-bond donors (Lipinski definition) is 0. The Kier molecular flexibility index (Phi) is 8.77. The summed E-state index contributed by atoms with van der Waals surface area (Å²) in [5.74, 6) is 2.36. The van der Waals surface area contributed by atoms with Crippen molar-refractivity contribution in [3.8, 4) is 28.7 Å². The van der Waals surface area contributed by atoms with E-state index >= 15 is 0 Å². The lowest BCUT2D eigenvalue weighted by Gasteiger charge is -2.26. The number of ether oxygens (including phenoxy) is 6. The predicted octanol–water partition coefficient (Wildman–Crippen LogP) is 4.59. The van der Waals surface area contributed by atoms with Crippen molar-refractivity contribution in [1.82, 2.24) is 0 Å². The molecule has 194 valence electrons. The minimum Gasteiger partial charge on any atom is -0.493 e. The quantitative estimate of drug-likeness (QED) is 0.435. The second-order valence-corrected chi connectivity index (χ2v) is 10.6. The van der Waals surface area contributed by atoms with Crippen molar-refractivity contribution < 1.29 is 36.8 Å². The van der Waals surface area contributed by atoms with E-state index in [1.165, 1.54) is 13.4 Å². The average molecular weight is 509 g/mol. The number of benzene rings is 2. The van der Waals surface area contributed by atoms with Crippen LogP contribution in [0.1, 0.15) is 49.1 Å². The fourth-order valence-corrected chi connectivity index (χ4v) is 5.76. The van der Waals surface area contributed by atoms with Crippen LogP contribution in [-0.4, -0.2) is 62.9 Å². The van der Waals surface area contributed by atoms with Crippen LogP contribution in [0, 0.1) is 0 Å². The highest BCUT2D eigenvalue weighted by atomic mass is 32.2. The number of methoxy groups -OCH3 is 5. The zero-order valence-corrected chi connectivity index (χ0v) is 22.4. The molecule has 2 aromatic carbocycles. The maximum absolute atomic E-state index is 12.7. The van der Waals surface area contributed by atoms with Gasteiger partial charge in [-0.2, -0.15) is 0 Å². The molecule has 0 saturated heterocycles. The molecule has 1 aliphatic carbocycles. The Hall–Kier alpha value is -2.65. The van der Waals surface area contributed by atoms with Crippen LogP contribution < -0.4 is 23.7 Å². The van der Waals surface area contributed by atoms with Crippen molar-refractivity contribution in [1.29, 1.82) is 0 Å². The zero-order chi connectivity index (χ0) is 25.8. The average Bonchev–Trinajstić information content (AvgIpc) is 3.29. The van der Waals surface area contributed by atoms with Crippen LogP contribution in [0.2, 0.25) is 0 Å². The van der Waals surface area contributed by atoms with E-state index < -0.39 is 9.84 Å². The van der Waals surface area contributed by atoms with E-state index in [4.69, 9.17) is 28.4 Å². The summed E-state index contributed by atoms with van der Waals surface area (Å²) in [6.07, 6.45) is 3.38. The Morgan fingerprint density at radius 1 is 0.771 bits per heavy atom. The van der Waals surface area contributed by atoms with Gasteiger partial charge in [-0.25, -0.2) is 8.42 Å². The van der Waals surface area contributed by atoms with E-state index in [2.05, 4.69) is 0 Å². The van der Waals surface area contributed by atoms with Crippen molar-refractivity contribution in [2.75, 3.05) is 48.4 Å². The van der Waals surface area contributed by atoms with Gasteiger partial charge in [0.1, 0.15) is 4.90 Å². The van der Waals surface area contributed by atoms with Crippen LogP contribution in [0.5, 0.6) is 28.7 Å². The molecule has 8 nitrogen and oxygen atoms in total. The number of sulfone groups is 1. The summed E-state index contributed by atoms with van der Waals surface area (Å²) >= 11 is 0. The highest BCUT2D eigenvalue weighted by Gasteiger charge is 2.40. The van der Waals surface area contributed by atoms with Crippen LogP contribution in [0.3, 0.4) is 0 Å². The van der Waals surface area contributed by atoms with Gasteiger partial charge in [0.2, 0.25) is 5.75 Å². The first kappa shape index (κ1) is 26.9. The fourth-order valence-electron chi connectivity index (χ4n) is 4.91. The second kappa shape index (κ2) is 11.4. The first-order valence-corrected chi connectivity index (χ1v) is 13.5. The van der Waals surface area contributed by atoms with Crippen molar-refractivity contribution in [2.45, 2.75) is 49.0 Å². The van der Waals surface area contributed by atoms with Gasteiger partial charge in [-0.3, -0.25) is 0 Å². The first-order valence-electron chi connectivity index (χ1n) is 11.6. The van der Waals surface area contributed by atoms with E-state index in [1.807, 2.05) is 25.1 Å². The minimum atomic E-state index is -3.56. The van der Waals surface area contributed by atoms with Crippen molar-refractivity contribution in [3.63, 3.8) is 0 Å². The van der Waals surface area contributed by atoms with Crippen molar-refractivity contribution >= 4 is 9.84 Å². The molecule has 1 saturated carbocycles. The molecule has 0 bridgehead atoms. The van der Waals surface area contributed by atoms with Gasteiger partial charge in [0.05, 0.1) is 41.2 Å². The Labute approximate surface area is 208 Å². The fraction of sp³-hybridized carbons (Fsp3) is 0.538. The van der Waals surface area contributed by atoms with E-state index in [9.17, 15) is 8.42 Å². The summed E-state index contributed by atoms with van der Waals surface area (Å²) in [4.78, 5) is 0.131. The van der Waals surface area contributed by atoms with Crippen LogP contribution in [0.15, 0.2) is 29.2 Å². The third-order valence-electron chi connectivity index (χ3n) is 6.51. The van der Waals surface area contributed by atoms with E-state index in [0.717, 1.165) is 30.4 Å². The zero-order valence-electron chi connectivity index (χ0n) is 21.5. The van der Waals surface area contributed by atoms with E-state index in [1.54, 1.807) is 34.5 Å². The number of rotatable bonds is 11. The van der Waals surface area contributed by atoms with E-state index in [0.29, 0.717) is 29.6 Å². The van der Waals surface area contributed by atoms with Gasteiger partial charge >= 0.3 is 0 Å². The maximum atomic E-state index is 12.7. The van der Waals surface area contributed by atoms with Crippen molar-refractivity contribution in [3.05, 3.63) is 35.4 Å². The Balaban J connectivity index is 2.07. The Morgan fingerprint density at radius 2 is 1.26 bits per heavy atom. The molecule has 3 atom stereocenters. The molecule has 3 rings (SSSR count). The molecule has 0 aliphatic heterocycles. The van der Waals surface area contributed by atoms with Gasteiger partial charge in [0, 0.05) is 25.2 Å². The molecule has 0 radical (unpaired) electrons. The van der Waals surface area contributed by atoms with Crippen LogP contribution in [0.4, 0.5) is 0 Å². The van der Waals surface area contributed by atoms with Crippen molar-refractivity contribution in [2.24, 2.45) is 0 Å². The normalized spacial score (nSPS) is 19.9. The smallest absolute Gasteiger partial charge is 0.203 e. The minimum absolute atomic E-state index is 0.0429. The predicted molar refractivity (Wildman–Crippen MR) is 134 cm³/mol. The summed E-state index contributed by atoms with van der Waals surface area (Å²) in [6.45, 7) is 2.36. The highest BCUT2D eigenvalue weighted by Crippen LogP contribution is 2.50. The summed E-state index contributed by atoms with van der Waals surface area (Å²) in [5, 5.41) is 0. The molecule has 0 aromatic heterocycles. The molecule has 35 heavy (non-hydrogen) atoms. The SMILES string of the molecule is CCCOc1c(OC)cc([C@H]2CC[C@H](c3cc(OC)c(OC)c(OC)c3)[C@@H]2OC)cc1S(C)(=O)=O. The lowest BCUT2D eigenvalue weighted by molar-refractivity contribution is 0.0804. The summed E-state index contributed by atoms with van der Waals surface area (Å²) in [6, 6.07) is 7.47. The Bertz CT molecular complexity index is 1100. The third-order valence-corrected chi connectivity index (χ3v) is 7.61. The Morgan fingerprint density at radius 3 is 1.66 bits per heavy atom. The topological polar surface area (TPSA) is 89.5 Å². The lowest BCUT2D eigenvalue weighted by atomic mass is 9.89. The van der Waals surface area contributed by atoms with Gasteiger partial charge in [-0.15, -0.1) is 0 Å². The molecule has 1 aliphatic rings. The number of hydrogen-bond acceptors (Lipinski definition) is 8. The molecule has 9 heteroatoms. The summed E-state index contributed by atoms with van der Waals surface area (Å²) < 4.78 is 59.3. The van der Waals surface area contributed by atoms with Gasteiger partial charge in [-0.05, 0) is 54.7 Å². The molecular weight excluding hydrogens is 472 g/mol. The van der Waals surface area contributed by atoms with Gasteiger partial charge in [0.25, 0.3) is 0 Å². The van der Waals surface area contributed by atoms with Crippen LogP contribution in [-0.2, 0) is 14.6 Å². The third kappa shape index (κ3) is 5.46. The van der Waals surface area contributed by atoms with Crippen LogP contribution >= 0.6 is 0 Å². The van der Waals surface area contributed by atoms with Gasteiger partial charge < -0.3 is 28.4 Å². The van der Waals surface area contributed by atoms with Crippen LogP contribution in [0.25, 0.3) is 0 Å². The summed E-state index contributed by atoms with van der Waals surface area (Å²) in [5.41, 5.74) is 1.85. The molecule has 1 fully saturated rings. The highest BCUT2D eigenvalue weighted by molar-refractivity contribution is 7.90. The second-order valence-electron chi connectivity index (χ2n) is 8.62. The maximum Gasteiger partial charge on any atom is 0.203 e. The summed E-state index contributed by atoms with van der Waals surface area (Å²) in [7, 11) is 4.40. The van der Waals surface area contributed by atoms with E-state index in [-0.39, 0.29) is 28.6 Å². The largest absolute Gasteiger partial charge is 0.493 e. The van der Waals surface area contributed by atoms with Gasteiger partial charge in [-0.1, -0.05) is 6.92 Å². The molecule has 0 heterocycles. The molecule has 0 N–H and O–H groups in total. The molecule has 0 spiro atoms. The lowest BCUT2D eigenvalue weighted by Crippen LogP contribution is -2.22. The molecule has 0 unspecified atom stereocenters. The first-order chi connectivity index (χ1) is 16.7. The molecule has 2 aromatic rings.